The van der Waals surface area contributed by atoms with Crippen molar-refractivity contribution in [1.29, 1.82) is 0 Å². The number of nitrogens with one attached hydrogen (secondary N) is 4. The zero-order valence-electron chi connectivity index (χ0n) is 64.5. The summed E-state index contributed by atoms with van der Waals surface area (Å²) in [6.07, 6.45) is -0.822. The molecule has 0 saturated carbocycles. The fourth-order valence-electron chi connectivity index (χ4n) is 13.3. The minimum atomic E-state index is -1.08. The summed E-state index contributed by atoms with van der Waals surface area (Å²) in [5.41, 5.74) is 10.5. The summed E-state index contributed by atoms with van der Waals surface area (Å²) in [4.78, 5) is 88.7. The van der Waals surface area contributed by atoms with Gasteiger partial charge in [-0.05, 0) is 100 Å². The summed E-state index contributed by atoms with van der Waals surface area (Å²) >= 11 is 17.4. The number of aliphatic hydroxyl groups is 1. The van der Waals surface area contributed by atoms with E-state index < -0.39 is 65.4 Å². The number of nitrogens with zero attached hydrogens (tertiary/aromatic N) is 10. The Balaban J connectivity index is 0.622. The van der Waals surface area contributed by atoms with E-state index in [9.17, 15) is 29.1 Å². The van der Waals surface area contributed by atoms with Crippen LogP contribution in [-0.2, 0) is 63.7 Å². The van der Waals surface area contributed by atoms with E-state index in [2.05, 4.69) is 74.3 Å². The molecule has 0 spiro atoms. The average molecular weight is 1620 g/mol. The van der Waals surface area contributed by atoms with E-state index in [0.29, 0.717) is 33.3 Å². The van der Waals surface area contributed by atoms with Gasteiger partial charge in [-0.15, -0.1) is 54.4 Å². The quantitative estimate of drug-likeness (QED) is 0.0225. The maximum atomic E-state index is 14.5. The number of carbonyl (C=O) groups excluding carboxylic acids is 5. The number of carbonyl (C=O) groups is 5. The van der Waals surface area contributed by atoms with Crippen LogP contribution in [0.3, 0.4) is 0 Å². The smallest absolute Gasteiger partial charge is 0.246 e. The molecule has 27 nitrogen and oxygen atoms in total. The molecule has 0 unspecified atom stereocenters. The zero-order valence-corrected chi connectivity index (χ0v) is 68.5. The predicted octanol–water partition coefficient (Wildman–Crippen LogP) is 9.99. The Bertz CT molecular complexity index is 4410. The van der Waals surface area contributed by atoms with Gasteiger partial charge >= 0.3 is 0 Å². The van der Waals surface area contributed by atoms with E-state index in [-0.39, 0.29) is 143 Å². The Morgan fingerprint density at radius 1 is 0.568 bits per heavy atom. The molecule has 594 valence electrons. The van der Waals surface area contributed by atoms with Gasteiger partial charge in [0.15, 0.2) is 11.6 Å². The Hall–Kier alpha value is -8.08. The summed E-state index contributed by atoms with van der Waals surface area (Å²) < 4.78 is 45.8. The van der Waals surface area contributed by atoms with Gasteiger partial charge in [0.25, 0.3) is 0 Å². The Labute approximate surface area is 668 Å². The third kappa shape index (κ3) is 21.4. The number of thiazole rings is 1. The van der Waals surface area contributed by atoms with Crippen LogP contribution < -0.4 is 21.3 Å². The predicted molar refractivity (Wildman–Crippen MR) is 427 cm³/mol. The Kier molecular flexibility index (Phi) is 29.2. The van der Waals surface area contributed by atoms with Crippen molar-refractivity contribution < 1.29 is 62.2 Å². The molecular formula is C79H98Cl2N14O13S3. The molecule has 8 heterocycles. The third-order valence-electron chi connectivity index (χ3n) is 19.4. The molecule has 1 saturated heterocycles. The van der Waals surface area contributed by atoms with Crippen molar-refractivity contribution >= 4 is 98.2 Å². The zero-order chi connectivity index (χ0) is 79.1. The first kappa shape index (κ1) is 83.8. The van der Waals surface area contributed by atoms with Gasteiger partial charge in [-0.1, -0.05) is 99.4 Å². The van der Waals surface area contributed by atoms with E-state index in [1.165, 1.54) is 4.90 Å². The normalized spacial score (nSPS) is 16.4. The number of aromatic nitrogens is 7. The van der Waals surface area contributed by atoms with Crippen molar-refractivity contribution in [2.45, 2.75) is 132 Å². The molecule has 0 bridgehead atoms. The molecule has 3 aromatic carbocycles. The minimum Gasteiger partial charge on any atom is -0.391 e. The van der Waals surface area contributed by atoms with Gasteiger partial charge in [0, 0.05) is 80.1 Å². The van der Waals surface area contributed by atoms with Crippen LogP contribution in [0.1, 0.15) is 137 Å². The highest BCUT2D eigenvalue weighted by Crippen LogP contribution is 2.42. The van der Waals surface area contributed by atoms with Crippen molar-refractivity contribution in [3.05, 3.63) is 166 Å². The summed E-state index contributed by atoms with van der Waals surface area (Å²) in [5, 5.41) is 43.6. The minimum absolute atomic E-state index is 0.0167. The number of fused-ring (bicyclic) bond motifs is 6. The average Bonchev–Trinajstić information content (AvgIpc) is 1.60. The number of aliphatic imine (C=N–C) groups is 2. The molecule has 0 radical (unpaired) electrons. The van der Waals surface area contributed by atoms with Gasteiger partial charge in [-0.25, -0.2) is 4.98 Å². The first-order valence-electron chi connectivity index (χ1n) is 37.1. The molecule has 3 aliphatic rings. The maximum absolute atomic E-state index is 14.5. The molecule has 8 aromatic rings. The van der Waals surface area contributed by atoms with Crippen molar-refractivity contribution in [1.82, 2.24) is 60.7 Å². The number of likely N-dealkylation sites (tertiary alicyclic amines) is 1. The van der Waals surface area contributed by atoms with Crippen LogP contribution in [0.4, 0.5) is 0 Å². The highest BCUT2D eigenvalue weighted by Gasteiger charge is 2.45. The van der Waals surface area contributed by atoms with Gasteiger partial charge in [0.2, 0.25) is 29.5 Å². The molecular weight excluding hydrogens is 1520 g/mol. The highest BCUT2D eigenvalue weighted by atomic mass is 35.5. The number of aliphatic hydroxyl groups excluding tert-OH is 1. The second-order valence-electron chi connectivity index (χ2n) is 29.2. The number of thiophene rings is 2. The lowest BCUT2D eigenvalue weighted by Crippen LogP contribution is -2.58. The fraction of sp³-hybridized carbons (Fsp3) is 0.494. The number of aryl methyl sites for hydroxylation is 5. The van der Waals surface area contributed by atoms with Crippen molar-refractivity contribution in [3.63, 3.8) is 0 Å². The first-order valence-corrected chi connectivity index (χ1v) is 40.4. The number of hydrogen-bond donors (Lipinski definition) is 5. The van der Waals surface area contributed by atoms with E-state index in [1.807, 2.05) is 130 Å². The van der Waals surface area contributed by atoms with Gasteiger partial charge in [-0.2, -0.15) is 0 Å². The van der Waals surface area contributed by atoms with Crippen LogP contribution in [0.2, 0.25) is 10.0 Å². The fourth-order valence-corrected chi connectivity index (χ4v) is 16.8. The second kappa shape index (κ2) is 38.6. The maximum Gasteiger partial charge on any atom is 0.246 e. The van der Waals surface area contributed by atoms with E-state index in [0.717, 1.165) is 86.3 Å². The number of amides is 5. The molecule has 0 aliphatic carbocycles. The van der Waals surface area contributed by atoms with Crippen LogP contribution in [0.5, 0.6) is 0 Å². The van der Waals surface area contributed by atoms with Crippen LogP contribution in [0, 0.1) is 59.3 Å². The first-order chi connectivity index (χ1) is 53.2. The Morgan fingerprint density at radius 2 is 1.02 bits per heavy atom. The lowest BCUT2D eigenvalue weighted by atomic mass is 9.85. The monoisotopic (exact) mass is 1620 g/mol. The summed E-state index contributed by atoms with van der Waals surface area (Å²) in [7, 11) is 0. The van der Waals surface area contributed by atoms with Crippen molar-refractivity contribution in [3.8, 4) is 20.4 Å². The molecule has 5 N–H and O–H groups in total. The third-order valence-corrected chi connectivity index (χ3v) is 23.3. The van der Waals surface area contributed by atoms with Crippen molar-refractivity contribution in [2.75, 3.05) is 112 Å². The SMILES string of the molecule is Cc1ncsc1-c1ccc(CNC(=O)[C@@H]2C[C@H](O)CN2C(=O)[C@@H](NC(=O)COCC(C)(COCCOCCOCCNC(=O)C[C@@H]2N=C(c3ccc(Cl)cc3)c3c(sc(C)c3C)-n3c(C)nnc32)COCCOCCOCCNC(=O)C[C@@H]2N=C(c3ccc(Cl)cc3)c3c(sc(C)c3C)-n3c(C)nnc32)C(C)(C)C)cc1. The number of rotatable bonds is 38. The molecule has 5 aromatic heterocycles. The standard InChI is InChI=1S/C79H98Cl2N14O13S3/c1-46-49(4)110-76-66(46)68(54-16-20-57(80)21-17-54)86-60(72-91-89-51(6)94(72)76)37-63(97)82-24-26-102-28-30-104-32-34-106-42-79(11,44-108-41-65(99)88-71(78(8,9)10)75(101)93-40-59(96)36-62(93)74(100)84-39-53-12-14-56(15-13-53)70-48(3)85-45-109-70)43-107-35-33-105-31-29-103-27-25-83-64(98)38-61-73-92-90-52(7)95(73)77-67(47(2)50(5)111-77)69(87-61)55-18-22-58(81)23-19-55/h12-23,45,59-62,71,96H,24-44H2,1-11H3,(H,82,97)(H,83,98)(H,84,100)(H,88,99)/t59-,60-,61-,62-,71+/m0/s1. The van der Waals surface area contributed by atoms with Gasteiger partial charge < -0.3 is 64.4 Å². The number of halogens is 2. The topological polar surface area (TPSA) is 321 Å². The number of β-amino-alcohol motifs (C(OH)–C–C–N with tert-alkyl or cyclic N) is 1. The summed E-state index contributed by atoms with van der Waals surface area (Å²) in [5.74, 6) is 0.678. The molecule has 1 fully saturated rings. The van der Waals surface area contributed by atoms with Crippen LogP contribution in [-0.4, -0.2) is 216 Å². The van der Waals surface area contributed by atoms with Crippen LogP contribution >= 0.6 is 57.2 Å². The van der Waals surface area contributed by atoms with Crippen LogP contribution in [0.15, 0.2) is 88.3 Å². The highest BCUT2D eigenvalue weighted by molar-refractivity contribution is 7.15. The largest absolute Gasteiger partial charge is 0.391 e. The van der Waals surface area contributed by atoms with Crippen molar-refractivity contribution in [2.24, 2.45) is 20.8 Å². The van der Waals surface area contributed by atoms with E-state index in [4.69, 9.17) is 66.3 Å². The molecule has 5 amide bonds. The van der Waals surface area contributed by atoms with Gasteiger partial charge in [0.1, 0.15) is 52.4 Å². The molecule has 11 rings (SSSR count). The summed E-state index contributed by atoms with van der Waals surface area (Å²) in [6.45, 7) is 24.4. The Morgan fingerprint density at radius 3 is 1.48 bits per heavy atom. The molecule has 5 atom stereocenters. The van der Waals surface area contributed by atoms with E-state index in [1.54, 1.807) is 39.5 Å². The number of hydrogen-bond acceptors (Lipinski definition) is 23. The molecule has 111 heavy (non-hydrogen) atoms. The second-order valence-corrected chi connectivity index (χ2v) is 33.4. The molecule has 32 heteroatoms. The summed E-state index contributed by atoms with van der Waals surface area (Å²) in [6, 6.07) is 19.6. The lowest BCUT2D eigenvalue weighted by Gasteiger charge is -2.35. The molecule has 3 aliphatic heterocycles. The number of ether oxygens (including phenoxy) is 7. The van der Waals surface area contributed by atoms with Crippen LogP contribution in [0.25, 0.3) is 20.4 Å². The number of benzene rings is 3. The lowest BCUT2D eigenvalue weighted by molar-refractivity contribution is -0.145. The van der Waals surface area contributed by atoms with Gasteiger partial charge in [0.05, 0.1) is 132 Å². The van der Waals surface area contributed by atoms with E-state index >= 15 is 0 Å². The van der Waals surface area contributed by atoms with Gasteiger partial charge in [-0.3, -0.25) is 43.1 Å².